The summed E-state index contributed by atoms with van der Waals surface area (Å²) in [5.74, 6) is 1.46. The molecule has 0 amide bonds. The van der Waals surface area contributed by atoms with Gasteiger partial charge in [0.15, 0.2) is 5.96 Å². The minimum absolute atomic E-state index is 0. The summed E-state index contributed by atoms with van der Waals surface area (Å²) < 4.78 is 13.6. The van der Waals surface area contributed by atoms with Crippen LogP contribution in [0.2, 0.25) is 0 Å². The van der Waals surface area contributed by atoms with Crippen molar-refractivity contribution in [2.75, 3.05) is 32.7 Å². The molecule has 1 saturated heterocycles. The first-order valence-electron chi connectivity index (χ1n) is 9.62. The number of hydrogen-bond acceptors (Lipinski definition) is 2. The summed E-state index contributed by atoms with van der Waals surface area (Å²) in [6.45, 7) is 11.9. The number of rotatable bonds is 7. The van der Waals surface area contributed by atoms with Gasteiger partial charge in [0.1, 0.15) is 5.82 Å². The molecule has 0 aliphatic carbocycles. The second kappa shape index (κ2) is 12.5. The van der Waals surface area contributed by atoms with Crippen LogP contribution < -0.4 is 10.6 Å². The third kappa shape index (κ3) is 7.78. The topological polar surface area (TPSA) is 39.7 Å². The van der Waals surface area contributed by atoms with Crippen molar-refractivity contribution in [3.05, 3.63) is 35.1 Å². The van der Waals surface area contributed by atoms with Crippen molar-refractivity contribution < 1.29 is 4.39 Å². The molecule has 0 radical (unpaired) electrons. The average Bonchev–Trinajstić information content (AvgIpc) is 2.63. The molecule has 1 aliphatic heterocycles. The molecule has 0 spiro atoms. The highest BCUT2D eigenvalue weighted by Gasteiger charge is 2.17. The Bertz CT molecular complexity index is 557. The number of likely N-dealkylation sites (tertiary alicyclic amines) is 1. The van der Waals surface area contributed by atoms with Crippen molar-refractivity contribution in [3.63, 3.8) is 0 Å². The summed E-state index contributed by atoms with van der Waals surface area (Å²) in [7, 11) is 0. The Labute approximate surface area is 175 Å². The van der Waals surface area contributed by atoms with E-state index in [1.54, 1.807) is 13.0 Å². The highest BCUT2D eigenvalue weighted by Crippen LogP contribution is 2.19. The van der Waals surface area contributed by atoms with Gasteiger partial charge in [0.2, 0.25) is 0 Å². The summed E-state index contributed by atoms with van der Waals surface area (Å²) in [6.07, 6.45) is 3.78. The van der Waals surface area contributed by atoms with Crippen molar-refractivity contribution in [1.82, 2.24) is 15.5 Å². The van der Waals surface area contributed by atoms with Crippen LogP contribution >= 0.6 is 24.0 Å². The van der Waals surface area contributed by atoms with Crippen LogP contribution in [-0.4, -0.2) is 43.6 Å². The lowest BCUT2D eigenvalue weighted by molar-refractivity contribution is 0.187. The van der Waals surface area contributed by atoms with E-state index in [1.807, 2.05) is 12.1 Å². The summed E-state index contributed by atoms with van der Waals surface area (Å²) >= 11 is 0. The fourth-order valence-electron chi connectivity index (χ4n) is 3.23. The van der Waals surface area contributed by atoms with E-state index in [0.717, 1.165) is 30.5 Å². The zero-order valence-corrected chi connectivity index (χ0v) is 18.7. The molecule has 0 bridgehead atoms. The first-order valence-corrected chi connectivity index (χ1v) is 9.62. The van der Waals surface area contributed by atoms with Gasteiger partial charge in [-0.2, -0.15) is 0 Å². The molecule has 1 aromatic carbocycles. The lowest BCUT2D eigenvalue weighted by Gasteiger charge is -2.31. The van der Waals surface area contributed by atoms with E-state index in [0.29, 0.717) is 12.1 Å². The van der Waals surface area contributed by atoms with Crippen LogP contribution in [0.1, 0.15) is 44.2 Å². The molecule has 1 heterocycles. The number of nitrogens with zero attached hydrogens (tertiary/aromatic N) is 2. The van der Waals surface area contributed by atoms with E-state index in [9.17, 15) is 4.39 Å². The van der Waals surface area contributed by atoms with Crippen LogP contribution in [0.5, 0.6) is 0 Å². The van der Waals surface area contributed by atoms with Gasteiger partial charge in [0, 0.05) is 13.1 Å². The summed E-state index contributed by atoms with van der Waals surface area (Å²) in [6, 6.07) is 5.32. The predicted octanol–water partition coefficient (Wildman–Crippen LogP) is 3.93. The lowest BCUT2D eigenvalue weighted by Crippen LogP contribution is -2.39. The van der Waals surface area contributed by atoms with Crippen LogP contribution in [0.25, 0.3) is 0 Å². The highest BCUT2D eigenvalue weighted by molar-refractivity contribution is 14.0. The predicted molar refractivity (Wildman–Crippen MR) is 119 cm³/mol. The SMILES string of the molecule is CCNC(=NCc1ccc(C)c(F)c1)NCCC1CCN(CC)CC1.I. The van der Waals surface area contributed by atoms with Crippen LogP contribution in [0, 0.1) is 18.7 Å². The maximum absolute atomic E-state index is 13.6. The second-order valence-corrected chi connectivity index (χ2v) is 6.87. The third-order valence-corrected chi connectivity index (χ3v) is 5.00. The zero-order valence-electron chi connectivity index (χ0n) is 16.4. The number of aliphatic imine (C=N–C) groups is 1. The van der Waals surface area contributed by atoms with E-state index in [-0.39, 0.29) is 29.8 Å². The molecular formula is C20H34FIN4. The quantitative estimate of drug-likeness (QED) is 0.356. The molecule has 26 heavy (non-hydrogen) atoms. The Morgan fingerprint density at radius 2 is 1.96 bits per heavy atom. The molecule has 0 saturated carbocycles. The molecule has 148 valence electrons. The van der Waals surface area contributed by atoms with Crippen LogP contribution in [-0.2, 0) is 6.54 Å². The first-order chi connectivity index (χ1) is 12.1. The number of benzene rings is 1. The molecule has 1 aliphatic rings. The van der Waals surface area contributed by atoms with Crippen molar-refractivity contribution >= 4 is 29.9 Å². The Balaban J connectivity index is 0.00000338. The maximum Gasteiger partial charge on any atom is 0.191 e. The Morgan fingerprint density at radius 3 is 2.58 bits per heavy atom. The van der Waals surface area contributed by atoms with E-state index >= 15 is 0 Å². The maximum atomic E-state index is 13.6. The van der Waals surface area contributed by atoms with E-state index in [4.69, 9.17) is 0 Å². The fraction of sp³-hybridized carbons (Fsp3) is 0.650. The molecule has 0 aromatic heterocycles. The largest absolute Gasteiger partial charge is 0.357 e. The van der Waals surface area contributed by atoms with Gasteiger partial charge < -0.3 is 15.5 Å². The Morgan fingerprint density at radius 1 is 1.23 bits per heavy atom. The summed E-state index contributed by atoms with van der Waals surface area (Å²) in [5, 5.41) is 6.69. The Hall–Kier alpha value is -0.890. The molecule has 0 unspecified atom stereocenters. The summed E-state index contributed by atoms with van der Waals surface area (Å²) in [4.78, 5) is 7.11. The molecule has 1 fully saturated rings. The van der Waals surface area contributed by atoms with E-state index in [2.05, 4.69) is 34.4 Å². The molecule has 4 nitrogen and oxygen atoms in total. The van der Waals surface area contributed by atoms with E-state index in [1.165, 1.54) is 38.9 Å². The van der Waals surface area contributed by atoms with Gasteiger partial charge in [-0.25, -0.2) is 9.38 Å². The van der Waals surface area contributed by atoms with E-state index < -0.39 is 0 Å². The second-order valence-electron chi connectivity index (χ2n) is 6.87. The average molecular weight is 476 g/mol. The number of aryl methyl sites for hydroxylation is 1. The molecular weight excluding hydrogens is 442 g/mol. The van der Waals surface area contributed by atoms with Crippen molar-refractivity contribution in [2.45, 2.75) is 46.6 Å². The van der Waals surface area contributed by atoms with Crippen LogP contribution in [0.4, 0.5) is 4.39 Å². The molecule has 6 heteroatoms. The minimum atomic E-state index is -0.163. The first kappa shape index (κ1) is 23.1. The molecule has 1 aromatic rings. The highest BCUT2D eigenvalue weighted by atomic mass is 127. The van der Waals surface area contributed by atoms with Crippen molar-refractivity contribution in [1.29, 1.82) is 0 Å². The number of piperidine rings is 1. The van der Waals surface area contributed by atoms with Gasteiger partial charge in [-0.1, -0.05) is 19.1 Å². The van der Waals surface area contributed by atoms with Crippen LogP contribution in [0.3, 0.4) is 0 Å². The zero-order chi connectivity index (χ0) is 18.1. The van der Waals surface area contributed by atoms with Gasteiger partial charge in [-0.15, -0.1) is 24.0 Å². The van der Waals surface area contributed by atoms with Crippen LogP contribution in [0.15, 0.2) is 23.2 Å². The number of hydrogen-bond donors (Lipinski definition) is 2. The lowest BCUT2D eigenvalue weighted by atomic mass is 9.93. The minimum Gasteiger partial charge on any atom is -0.357 e. The molecule has 2 rings (SSSR count). The Kier molecular flexibility index (Phi) is 11.1. The number of guanidine groups is 1. The summed E-state index contributed by atoms with van der Waals surface area (Å²) in [5.41, 5.74) is 1.57. The normalized spacial score (nSPS) is 16.2. The van der Waals surface area contributed by atoms with Crippen molar-refractivity contribution in [2.24, 2.45) is 10.9 Å². The molecule has 2 N–H and O–H groups in total. The van der Waals surface area contributed by atoms with Gasteiger partial charge in [-0.3, -0.25) is 0 Å². The van der Waals surface area contributed by atoms with Gasteiger partial charge >= 0.3 is 0 Å². The standard InChI is InChI=1S/C20H33FN4.HI/c1-4-22-20(24-15-18-7-6-16(3)19(21)14-18)23-11-8-17-9-12-25(5-2)13-10-17;/h6-7,14,17H,4-5,8-13,15H2,1-3H3,(H2,22,23,24);1H. The van der Waals surface area contributed by atoms with Gasteiger partial charge in [0.25, 0.3) is 0 Å². The number of halogens is 2. The smallest absolute Gasteiger partial charge is 0.191 e. The van der Waals surface area contributed by atoms with Crippen molar-refractivity contribution in [3.8, 4) is 0 Å². The van der Waals surface area contributed by atoms with Gasteiger partial charge in [0.05, 0.1) is 6.54 Å². The number of nitrogens with one attached hydrogen (secondary N) is 2. The third-order valence-electron chi connectivity index (χ3n) is 5.00. The monoisotopic (exact) mass is 476 g/mol. The fourth-order valence-corrected chi connectivity index (χ4v) is 3.23. The molecule has 0 atom stereocenters. The van der Waals surface area contributed by atoms with Gasteiger partial charge in [-0.05, 0) is 75.9 Å².